The van der Waals surface area contributed by atoms with Gasteiger partial charge in [0.15, 0.2) is 0 Å². The van der Waals surface area contributed by atoms with Crippen LogP contribution in [0.2, 0.25) is 8.67 Å². The van der Waals surface area contributed by atoms with Crippen LogP contribution >= 0.6 is 45.9 Å². The molecule has 0 bridgehead atoms. The molecule has 0 saturated heterocycles. The molecule has 8 nitrogen and oxygen atoms in total. The monoisotopic (exact) mass is 572 g/mol. The molecule has 8 rings (SSSR count). The molecule has 2 N–H and O–H groups in total. The maximum atomic E-state index is 5.95. The van der Waals surface area contributed by atoms with Gasteiger partial charge >= 0.3 is 0 Å². The van der Waals surface area contributed by atoms with Crippen LogP contribution in [-0.2, 0) is 0 Å². The second-order valence-corrected chi connectivity index (χ2v) is 11.7. The Balaban J connectivity index is 0.000000127. The van der Waals surface area contributed by atoms with Gasteiger partial charge in [0.1, 0.15) is 0 Å². The van der Waals surface area contributed by atoms with Crippen LogP contribution in [0.4, 0.5) is 0 Å². The Morgan fingerprint density at radius 2 is 1.03 bits per heavy atom. The summed E-state index contributed by atoms with van der Waals surface area (Å²) in [7, 11) is 0. The minimum atomic E-state index is 0.751. The van der Waals surface area contributed by atoms with Crippen LogP contribution < -0.4 is 0 Å². The molecule has 12 heteroatoms. The summed E-state index contributed by atoms with van der Waals surface area (Å²) in [6, 6.07) is 15.5. The van der Waals surface area contributed by atoms with Gasteiger partial charge in [0.05, 0.1) is 87.7 Å². The minimum Gasteiger partial charge on any atom is -0.278 e. The van der Waals surface area contributed by atoms with E-state index in [0.717, 1.165) is 73.7 Å². The lowest BCUT2D eigenvalue weighted by molar-refractivity contribution is 1.12. The summed E-state index contributed by atoms with van der Waals surface area (Å²) >= 11 is 14.9. The molecular weight excluding hydrogens is 559 g/mol. The van der Waals surface area contributed by atoms with Crippen molar-refractivity contribution in [2.75, 3.05) is 0 Å². The number of benzene rings is 2. The number of rotatable bonds is 2. The van der Waals surface area contributed by atoms with Crippen molar-refractivity contribution in [3.8, 4) is 21.1 Å². The zero-order valence-corrected chi connectivity index (χ0v) is 22.3. The van der Waals surface area contributed by atoms with Crippen LogP contribution in [0, 0.1) is 0 Å². The van der Waals surface area contributed by atoms with Crippen molar-refractivity contribution >= 4 is 89.7 Å². The van der Waals surface area contributed by atoms with Crippen molar-refractivity contribution < 1.29 is 0 Å². The number of nitrogens with zero attached hydrogens (tertiary/aromatic N) is 6. The van der Waals surface area contributed by atoms with Crippen molar-refractivity contribution in [3.05, 3.63) is 82.0 Å². The van der Waals surface area contributed by atoms with E-state index < -0.39 is 0 Å². The molecule has 0 aliphatic carbocycles. The fourth-order valence-corrected chi connectivity index (χ4v) is 6.04. The lowest BCUT2D eigenvalue weighted by Crippen LogP contribution is -1.87. The fourth-order valence-electron chi connectivity index (χ4n) is 4.04. The number of halogens is 2. The molecule has 0 aliphatic rings. The number of nitrogens with one attached hydrogen (secondary N) is 2. The normalized spacial score (nSPS) is 11.4. The smallest absolute Gasteiger partial charge is 0.0993 e. The number of aromatic nitrogens is 8. The zero-order valence-electron chi connectivity index (χ0n) is 19.2. The number of aromatic amines is 2. The van der Waals surface area contributed by atoms with Gasteiger partial charge in [0, 0.05) is 10.8 Å². The van der Waals surface area contributed by atoms with E-state index in [0.29, 0.717) is 0 Å². The molecule has 0 amide bonds. The van der Waals surface area contributed by atoms with Gasteiger partial charge in [-0.05, 0) is 48.5 Å². The first kappa shape index (κ1) is 23.2. The second-order valence-electron chi connectivity index (χ2n) is 8.31. The molecule has 6 aromatic heterocycles. The third-order valence-corrected chi connectivity index (χ3v) is 8.36. The van der Waals surface area contributed by atoms with E-state index in [1.165, 1.54) is 22.7 Å². The first-order valence-electron chi connectivity index (χ1n) is 11.3. The molecule has 0 atom stereocenters. The van der Waals surface area contributed by atoms with E-state index in [-0.39, 0.29) is 0 Å². The Bertz CT molecular complexity index is 1940. The molecule has 0 radical (unpaired) electrons. The largest absolute Gasteiger partial charge is 0.278 e. The average Bonchev–Trinajstić information content (AvgIpc) is 3.73. The quantitative estimate of drug-likeness (QED) is 0.219. The summed E-state index contributed by atoms with van der Waals surface area (Å²) in [6.07, 6.45) is 7.11. The Morgan fingerprint density at radius 3 is 1.55 bits per heavy atom. The maximum Gasteiger partial charge on any atom is 0.0993 e. The topological polar surface area (TPSA) is 109 Å². The molecule has 0 unspecified atom stereocenters. The number of hydrogen-bond acceptors (Lipinski definition) is 8. The summed E-state index contributed by atoms with van der Waals surface area (Å²) in [5.74, 6) is 0. The Labute approximate surface area is 232 Å². The highest BCUT2D eigenvalue weighted by molar-refractivity contribution is 7.19. The molecule has 0 aliphatic heterocycles. The Kier molecular flexibility index (Phi) is 5.74. The molecule has 0 saturated carbocycles. The first-order valence-corrected chi connectivity index (χ1v) is 13.7. The minimum absolute atomic E-state index is 0.751. The molecule has 6 heterocycles. The molecule has 2 aromatic carbocycles. The maximum absolute atomic E-state index is 5.95. The predicted octanol–water partition coefficient (Wildman–Crippen LogP) is 7.78. The van der Waals surface area contributed by atoms with E-state index in [1.54, 1.807) is 24.8 Å². The lowest BCUT2D eigenvalue weighted by atomic mass is 10.2. The standard InChI is InChI=1S/2C13H7ClN4S/c14-13-2-1-12(19-13)11-6-15-9-4-8-7(5-16-18-8)3-10(9)17-11;14-13-2-1-12(19-13)11-6-15-9-3-7-5-16-18-8(7)4-10(9)17-11/h2*1-6H,(H,16,18). The third-order valence-electron chi connectivity index (χ3n) is 5.86. The van der Waals surface area contributed by atoms with Gasteiger partial charge in [-0.15, -0.1) is 22.7 Å². The molecule has 184 valence electrons. The van der Waals surface area contributed by atoms with Gasteiger partial charge in [0.2, 0.25) is 0 Å². The van der Waals surface area contributed by atoms with Gasteiger partial charge in [-0.1, -0.05) is 23.2 Å². The number of H-pyrrole nitrogens is 2. The number of hydrogen-bond donors (Lipinski definition) is 2. The average molecular weight is 573 g/mol. The van der Waals surface area contributed by atoms with E-state index in [1.807, 2.05) is 48.5 Å². The Morgan fingerprint density at radius 1 is 0.553 bits per heavy atom. The summed E-state index contributed by atoms with van der Waals surface area (Å²) in [5, 5.41) is 16.0. The molecule has 8 aromatic rings. The summed E-state index contributed by atoms with van der Waals surface area (Å²) in [4.78, 5) is 20.2. The van der Waals surface area contributed by atoms with Gasteiger partial charge in [-0.25, -0.2) is 9.97 Å². The van der Waals surface area contributed by atoms with Crippen LogP contribution in [-0.4, -0.2) is 40.3 Å². The van der Waals surface area contributed by atoms with Crippen molar-refractivity contribution in [1.82, 2.24) is 40.3 Å². The molecular formula is C26H14Cl2N8S2. The highest BCUT2D eigenvalue weighted by Gasteiger charge is 2.08. The van der Waals surface area contributed by atoms with Crippen LogP contribution in [0.25, 0.3) is 65.0 Å². The van der Waals surface area contributed by atoms with Gasteiger partial charge in [-0.2, -0.15) is 10.2 Å². The van der Waals surface area contributed by atoms with Crippen molar-refractivity contribution in [3.63, 3.8) is 0 Å². The number of fused-ring (bicyclic) bond motifs is 4. The summed E-state index contributed by atoms with van der Waals surface area (Å²) in [5.41, 5.74) is 7.02. The lowest BCUT2D eigenvalue weighted by Gasteiger charge is -2.00. The van der Waals surface area contributed by atoms with Crippen LogP contribution in [0.15, 0.2) is 73.3 Å². The van der Waals surface area contributed by atoms with Crippen molar-refractivity contribution in [1.29, 1.82) is 0 Å². The van der Waals surface area contributed by atoms with Crippen LogP contribution in [0.1, 0.15) is 0 Å². The Hall–Kier alpha value is -3.96. The van der Waals surface area contributed by atoms with Crippen molar-refractivity contribution in [2.24, 2.45) is 0 Å². The second kappa shape index (κ2) is 9.41. The molecule has 0 spiro atoms. The van der Waals surface area contributed by atoms with Crippen LogP contribution in [0.3, 0.4) is 0 Å². The SMILES string of the molecule is Clc1ccc(-c2cnc3cc4[nH]ncc4cc3n2)s1.Clc1ccc(-c2cnc3cc4cn[nH]c4cc3n2)s1. The number of thiophene rings is 2. The zero-order chi connectivity index (χ0) is 25.6. The fraction of sp³-hybridized carbons (Fsp3) is 0. The van der Waals surface area contributed by atoms with Gasteiger partial charge in [0.25, 0.3) is 0 Å². The van der Waals surface area contributed by atoms with E-state index >= 15 is 0 Å². The third kappa shape index (κ3) is 4.37. The summed E-state index contributed by atoms with van der Waals surface area (Å²) in [6.45, 7) is 0. The molecule has 0 fully saturated rings. The van der Waals surface area contributed by atoms with Gasteiger partial charge < -0.3 is 0 Å². The van der Waals surface area contributed by atoms with E-state index in [2.05, 4.69) is 40.3 Å². The predicted molar refractivity (Wildman–Crippen MR) is 155 cm³/mol. The van der Waals surface area contributed by atoms with E-state index in [4.69, 9.17) is 23.2 Å². The highest BCUT2D eigenvalue weighted by atomic mass is 35.5. The van der Waals surface area contributed by atoms with Crippen LogP contribution in [0.5, 0.6) is 0 Å². The van der Waals surface area contributed by atoms with Crippen molar-refractivity contribution in [2.45, 2.75) is 0 Å². The first-order chi connectivity index (χ1) is 18.6. The molecule has 38 heavy (non-hydrogen) atoms. The summed E-state index contributed by atoms with van der Waals surface area (Å²) < 4.78 is 1.50. The van der Waals surface area contributed by atoms with E-state index in [9.17, 15) is 0 Å². The van der Waals surface area contributed by atoms with Gasteiger partial charge in [-0.3, -0.25) is 20.2 Å². The highest BCUT2D eigenvalue weighted by Crippen LogP contribution is 2.32.